The fourth-order valence-corrected chi connectivity index (χ4v) is 2.67. The minimum atomic E-state index is -0.757. The first-order valence-electron chi connectivity index (χ1n) is 7.84. The van der Waals surface area contributed by atoms with Crippen LogP contribution in [0.3, 0.4) is 0 Å². The van der Waals surface area contributed by atoms with E-state index in [0.717, 1.165) is 19.3 Å². The summed E-state index contributed by atoms with van der Waals surface area (Å²) in [5.74, 6) is -0.384. The van der Waals surface area contributed by atoms with Crippen molar-refractivity contribution in [3.8, 4) is 11.5 Å². The molecule has 0 spiro atoms. The number of carboxylic acid groups (broad SMARTS) is 1. The molecule has 0 fully saturated rings. The zero-order valence-electron chi connectivity index (χ0n) is 13.2. The van der Waals surface area contributed by atoms with E-state index in [1.54, 1.807) is 19.1 Å². The third kappa shape index (κ3) is 4.03. The number of phenols is 2. The van der Waals surface area contributed by atoms with Crippen LogP contribution >= 0.6 is 0 Å². The molecule has 4 nitrogen and oxygen atoms in total. The van der Waals surface area contributed by atoms with Gasteiger partial charge in [-0.3, -0.25) is 4.79 Å². The molecule has 122 valence electrons. The van der Waals surface area contributed by atoms with Gasteiger partial charge in [0.2, 0.25) is 0 Å². The predicted octanol–water partition coefficient (Wildman–Crippen LogP) is 4.61. The predicted molar refractivity (Wildman–Crippen MR) is 91.8 cm³/mol. The lowest BCUT2D eigenvalue weighted by Crippen LogP contribution is -1.93. The number of hydrogen-bond donors (Lipinski definition) is 3. The van der Waals surface area contributed by atoms with Gasteiger partial charge < -0.3 is 15.3 Å². The Morgan fingerprint density at radius 1 is 1.04 bits per heavy atom. The number of carboxylic acids is 1. The number of allylic oxidation sites excluding steroid dienone is 1. The monoisotopic (exact) mass is 314 g/mol. The second kappa shape index (κ2) is 7.68. The quantitative estimate of drug-likeness (QED) is 0.515. The Morgan fingerprint density at radius 3 is 2.35 bits per heavy atom. The molecular weight excluding hydrogens is 292 g/mol. The minimum Gasteiger partial charge on any atom is -0.507 e. The van der Waals surface area contributed by atoms with Crippen LogP contribution < -0.4 is 0 Å². The summed E-state index contributed by atoms with van der Waals surface area (Å²) in [5.41, 5.74) is 1.29. The van der Waals surface area contributed by atoms with Crippen molar-refractivity contribution in [2.75, 3.05) is 0 Å². The molecule has 0 aliphatic heterocycles. The molecule has 0 aromatic heterocycles. The third-order valence-electron chi connectivity index (χ3n) is 4.00. The normalized spacial score (nSPS) is 11.3. The van der Waals surface area contributed by atoms with Crippen LogP contribution in [-0.2, 0) is 4.79 Å². The van der Waals surface area contributed by atoms with Crippen LogP contribution in [0.4, 0.5) is 0 Å². The van der Waals surface area contributed by atoms with E-state index in [1.165, 1.54) is 0 Å². The molecular formula is C19H22O4. The first kappa shape index (κ1) is 16.9. The van der Waals surface area contributed by atoms with Gasteiger partial charge in [0, 0.05) is 28.3 Å². The Labute approximate surface area is 135 Å². The summed E-state index contributed by atoms with van der Waals surface area (Å²) in [6, 6.07) is 7.22. The van der Waals surface area contributed by atoms with Gasteiger partial charge in [0.25, 0.3) is 0 Å². The second-order valence-electron chi connectivity index (χ2n) is 5.68. The average Bonchev–Trinajstić information content (AvgIpc) is 2.54. The van der Waals surface area contributed by atoms with Gasteiger partial charge in [0.15, 0.2) is 0 Å². The van der Waals surface area contributed by atoms with E-state index in [0.29, 0.717) is 28.3 Å². The van der Waals surface area contributed by atoms with Crippen LogP contribution in [0.25, 0.3) is 16.8 Å². The molecule has 0 atom stereocenters. The van der Waals surface area contributed by atoms with Crippen LogP contribution in [0.5, 0.6) is 11.5 Å². The Balaban J connectivity index is 2.08. The van der Waals surface area contributed by atoms with Gasteiger partial charge in [-0.1, -0.05) is 42.8 Å². The highest BCUT2D eigenvalue weighted by atomic mass is 16.4. The van der Waals surface area contributed by atoms with Crippen molar-refractivity contribution < 1.29 is 20.1 Å². The van der Waals surface area contributed by atoms with E-state index in [2.05, 4.69) is 0 Å². The molecule has 0 unspecified atom stereocenters. The van der Waals surface area contributed by atoms with Gasteiger partial charge in [0.05, 0.1) is 0 Å². The van der Waals surface area contributed by atoms with Crippen molar-refractivity contribution >= 4 is 22.8 Å². The third-order valence-corrected chi connectivity index (χ3v) is 4.00. The van der Waals surface area contributed by atoms with Gasteiger partial charge in [-0.05, 0) is 26.2 Å². The van der Waals surface area contributed by atoms with Crippen LogP contribution in [0.1, 0.15) is 43.2 Å². The number of aromatic hydroxyl groups is 2. The van der Waals surface area contributed by atoms with E-state index >= 15 is 0 Å². The standard InChI is InChI=1S/C19H22O4/c1-13-14(9-5-3-2-4-6-12-17(20)21)19(23)16-11-8-7-10-15(16)18(13)22/h5,7-11,22-23H,2-4,6,12H2,1H3,(H,20,21). The Morgan fingerprint density at radius 2 is 1.70 bits per heavy atom. The maximum Gasteiger partial charge on any atom is 0.303 e. The lowest BCUT2D eigenvalue weighted by atomic mass is 9.98. The molecule has 0 bridgehead atoms. The molecule has 3 N–H and O–H groups in total. The molecule has 4 heteroatoms. The molecule has 2 aromatic carbocycles. The Hall–Kier alpha value is -2.49. The zero-order chi connectivity index (χ0) is 16.8. The summed E-state index contributed by atoms with van der Waals surface area (Å²) < 4.78 is 0. The first-order valence-corrected chi connectivity index (χ1v) is 7.84. The van der Waals surface area contributed by atoms with Crippen LogP contribution in [0.2, 0.25) is 0 Å². The highest BCUT2D eigenvalue weighted by Crippen LogP contribution is 2.39. The van der Waals surface area contributed by atoms with E-state index in [9.17, 15) is 15.0 Å². The van der Waals surface area contributed by atoms with Crippen molar-refractivity contribution in [3.05, 3.63) is 41.5 Å². The number of carbonyl (C=O) groups is 1. The van der Waals surface area contributed by atoms with E-state index in [1.807, 2.05) is 24.3 Å². The van der Waals surface area contributed by atoms with Crippen molar-refractivity contribution in [1.29, 1.82) is 0 Å². The number of hydrogen-bond acceptors (Lipinski definition) is 3. The van der Waals surface area contributed by atoms with Crippen molar-refractivity contribution in [2.45, 2.75) is 39.0 Å². The maximum absolute atomic E-state index is 10.4. The van der Waals surface area contributed by atoms with E-state index in [-0.39, 0.29) is 17.9 Å². The van der Waals surface area contributed by atoms with Gasteiger partial charge in [-0.15, -0.1) is 0 Å². The molecule has 2 aromatic rings. The summed E-state index contributed by atoms with van der Waals surface area (Å²) in [7, 11) is 0. The minimum absolute atomic E-state index is 0.179. The van der Waals surface area contributed by atoms with Crippen LogP contribution in [-0.4, -0.2) is 21.3 Å². The number of unbranched alkanes of at least 4 members (excludes halogenated alkanes) is 3. The molecule has 0 heterocycles. The number of aliphatic carboxylic acids is 1. The fourth-order valence-electron chi connectivity index (χ4n) is 2.67. The molecule has 0 aliphatic rings. The lowest BCUT2D eigenvalue weighted by Gasteiger charge is -2.11. The molecule has 0 saturated heterocycles. The van der Waals surface area contributed by atoms with Crippen molar-refractivity contribution in [3.63, 3.8) is 0 Å². The summed E-state index contributed by atoms with van der Waals surface area (Å²) >= 11 is 0. The number of benzene rings is 2. The number of fused-ring (bicyclic) bond motifs is 1. The first-order chi connectivity index (χ1) is 11.0. The molecule has 0 amide bonds. The molecule has 0 radical (unpaired) electrons. The molecule has 0 saturated carbocycles. The van der Waals surface area contributed by atoms with Crippen LogP contribution in [0, 0.1) is 6.92 Å². The van der Waals surface area contributed by atoms with Crippen molar-refractivity contribution in [2.24, 2.45) is 0 Å². The van der Waals surface area contributed by atoms with E-state index < -0.39 is 5.97 Å². The summed E-state index contributed by atoms with van der Waals surface area (Å²) in [6.45, 7) is 1.79. The van der Waals surface area contributed by atoms with Gasteiger partial charge in [0.1, 0.15) is 11.5 Å². The highest BCUT2D eigenvalue weighted by molar-refractivity contribution is 5.97. The Bertz CT molecular complexity index is 732. The summed E-state index contributed by atoms with van der Waals surface area (Å²) in [4.78, 5) is 10.4. The molecule has 0 aliphatic carbocycles. The zero-order valence-corrected chi connectivity index (χ0v) is 13.2. The second-order valence-corrected chi connectivity index (χ2v) is 5.68. The smallest absolute Gasteiger partial charge is 0.303 e. The number of rotatable bonds is 7. The van der Waals surface area contributed by atoms with Crippen LogP contribution in [0.15, 0.2) is 30.3 Å². The SMILES string of the molecule is Cc1c(C=CCCCCCC(=O)O)c(O)c2ccccc2c1O. The fraction of sp³-hybridized carbons (Fsp3) is 0.316. The van der Waals surface area contributed by atoms with Gasteiger partial charge >= 0.3 is 5.97 Å². The van der Waals surface area contributed by atoms with Gasteiger partial charge in [-0.25, -0.2) is 0 Å². The topological polar surface area (TPSA) is 77.8 Å². The average molecular weight is 314 g/mol. The molecule has 2 rings (SSSR count). The summed E-state index contributed by atoms with van der Waals surface area (Å²) in [6.07, 6.45) is 7.26. The summed E-state index contributed by atoms with van der Waals surface area (Å²) in [5, 5.41) is 30.6. The van der Waals surface area contributed by atoms with E-state index in [4.69, 9.17) is 5.11 Å². The largest absolute Gasteiger partial charge is 0.507 e. The lowest BCUT2D eigenvalue weighted by molar-refractivity contribution is -0.137. The Kier molecular flexibility index (Phi) is 5.63. The van der Waals surface area contributed by atoms with Gasteiger partial charge in [-0.2, -0.15) is 0 Å². The maximum atomic E-state index is 10.4. The van der Waals surface area contributed by atoms with Crippen molar-refractivity contribution in [1.82, 2.24) is 0 Å². The molecule has 23 heavy (non-hydrogen) atoms. The highest BCUT2D eigenvalue weighted by Gasteiger charge is 2.13. The number of phenolic OH excluding ortho intramolecular Hbond substituents is 2.